The van der Waals surface area contributed by atoms with E-state index in [0.29, 0.717) is 12.8 Å². The van der Waals surface area contributed by atoms with Gasteiger partial charge in [-0.05, 0) is 19.3 Å². The van der Waals surface area contributed by atoms with Crippen LogP contribution in [0.2, 0.25) is 0 Å². The number of carboxylic acid groups (broad SMARTS) is 2. The molecule has 6 saturated heterocycles. The van der Waals surface area contributed by atoms with Crippen LogP contribution in [0, 0.1) is 0 Å². The number of carbonyl (C=O) groups is 6. The van der Waals surface area contributed by atoms with Crippen molar-refractivity contribution in [3.8, 4) is 0 Å². The normalized spacial score (nSPS) is 35.1. The fourth-order valence-corrected chi connectivity index (χ4v) is 16.9. The minimum Gasteiger partial charge on any atom is -0.477 e. The number of hydrogen-bond acceptors (Lipinski definition) is 37. The number of amides is 4. The molecule has 6 aliphatic heterocycles. The summed E-state index contributed by atoms with van der Waals surface area (Å²) in [5, 5.41) is 246. The zero-order chi connectivity index (χ0) is 93.8. The topological polar surface area (TPSA) is 686 Å². The Kier molecular flexibility index (Phi) is 49.4. The molecule has 0 aromatic rings. The van der Waals surface area contributed by atoms with Crippen molar-refractivity contribution >= 4 is 35.6 Å². The Morgan fingerprint density at radius 3 is 1.27 bits per heavy atom. The van der Waals surface area contributed by atoms with Gasteiger partial charge in [0.15, 0.2) is 25.2 Å². The zero-order valence-electron chi connectivity index (χ0n) is 73.5. The Morgan fingerprint density at radius 1 is 0.425 bits per heavy atom. The van der Waals surface area contributed by atoms with Crippen molar-refractivity contribution in [2.75, 3.05) is 46.2 Å². The molecular formula is C84H148N4O39. The highest BCUT2D eigenvalue weighted by molar-refractivity contribution is 5.78. The highest BCUT2D eigenvalue weighted by Crippen LogP contribution is 2.42. The van der Waals surface area contributed by atoms with Crippen LogP contribution in [0.3, 0.4) is 0 Å². The molecule has 25 N–H and O–H groups in total. The van der Waals surface area contributed by atoms with Crippen molar-refractivity contribution in [1.29, 1.82) is 0 Å². The van der Waals surface area contributed by atoms with Gasteiger partial charge in [-0.15, -0.1) is 0 Å². The van der Waals surface area contributed by atoms with E-state index < -0.39 is 296 Å². The number of hydrogen-bond donors (Lipinski definition) is 25. The first-order valence-corrected chi connectivity index (χ1v) is 45.2. The molecular weight excluding hydrogens is 1690 g/mol. The molecule has 12 unspecified atom stereocenters. The SMILES string of the molecule is CCCCCCCCCCCCC/C=C/[C@@H](O)[C@H](CO[C@@H]1OC(CO)[C@@H](O[C@@H]2OC(CO)[C@H](O)[C@H](O[C@@H]3OC(CO)[C@@H](O[C@@H]4OC(CO)[C@H](O)[C@H](O[C@]5(C(=O)O)CC(O)[C@@H](NC(C)=O)C([C@H](O)[C@@H](CO)O[C@]6(C(=O)O)CC(O)[C@@H](NC(C)=O)C([C@H](O)[C@H](O)CO)O6)O5)C4O)[C@H](O)C3NC(C)=O)C2O)[C@H](O)C1O)NC(=O)CCCCCCCCCCCCCCCCC. The number of rotatable bonds is 59. The number of unbranched alkanes of at least 4 members (excludes halogenated alkanes) is 25. The molecule has 0 bridgehead atoms. The molecule has 43 nitrogen and oxygen atoms in total. The van der Waals surface area contributed by atoms with Crippen LogP contribution in [0.1, 0.15) is 227 Å². The quantitative estimate of drug-likeness (QED) is 0.0205. The molecule has 0 aromatic carbocycles. The van der Waals surface area contributed by atoms with Gasteiger partial charge >= 0.3 is 11.9 Å². The van der Waals surface area contributed by atoms with Crippen LogP contribution in [0.5, 0.6) is 0 Å². The average molecular weight is 1840 g/mol. The predicted octanol–water partition coefficient (Wildman–Crippen LogP) is -3.87. The first kappa shape index (κ1) is 111. The summed E-state index contributed by atoms with van der Waals surface area (Å²) in [5.41, 5.74) is 0. The molecule has 6 rings (SSSR count). The molecule has 0 radical (unpaired) electrons. The summed E-state index contributed by atoms with van der Waals surface area (Å²) in [6.07, 6.45) is -28.9. The van der Waals surface area contributed by atoms with Crippen molar-refractivity contribution < 1.29 is 193 Å². The second kappa shape index (κ2) is 56.5. The molecule has 6 aliphatic rings. The molecule has 4 amide bonds. The van der Waals surface area contributed by atoms with E-state index >= 15 is 0 Å². The Morgan fingerprint density at radius 2 is 0.819 bits per heavy atom. The zero-order valence-corrected chi connectivity index (χ0v) is 73.5. The highest BCUT2D eigenvalue weighted by atomic mass is 16.8. The summed E-state index contributed by atoms with van der Waals surface area (Å²) < 4.78 is 70.6. The second-order valence-electron chi connectivity index (χ2n) is 34.2. The van der Waals surface area contributed by atoms with Crippen molar-refractivity contribution in [1.82, 2.24) is 21.3 Å². The average Bonchev–Trinajstić information content (AvgIpc) is 0.748. The maximum Gasteiger partial charge on any atom is 0.364 e. The summed E-state index contributed by atoms with van der Waals surface area (Å²) in [6.45, 7) is -0.522. The molecule has 738 valence electrons. The van der Waals surface area contributed by atoms with Crippen molar-refractivity contribution in [2.45, 2.75) is 435 Å². The van der Waals surface area contributed by atoms with Gasteiger partial charge in [0.1, 0.15) is 134 Å². The molecule has 0 saturated carbocycles. The van der Waals surface area contributed by atoms with Crippen LogP contribution in [0.25, 0.3) is 0 Å². The molecule has 127 heavy (non-hydrogen) atoms. The molecule has 6 heterocycles. The largest absolute Gasteiger partial charge is 0.477 e. The summed E-state index contributed by atoms with van der Waals surface area (Å²) in [6, 6.07) is -6.84. The minimum absolute atomic E-state index is 0.146. The van der Waals surface area contributed by atoms with E-state index in [4.69, 9.17) is 56.8 Å². The number of aliphatic hydroxyl groups is 19. The van der Waals surface area contributed by atoms with Gasteiger partial charge in [0.25, 0.3) is 11.6 Å². The standard InChI is InChI=1S/C84H148N4O39/c1-6-8-10-12-14-16-18-20-21-23-25-27-29-31-33-35-58(102)88-48(49(98)34-32-30-28-26-24-22-19-17-15-13-11-9-7-2)44-116-78-68(109)67(108)72(57(43-94)120-78)122-79-69(110)75(63(104)53(39-90)117-79)123-77-61(87-47(5)97)66(107)71(56(42-93)119-77)121-80-70(111)76(64(105)54(40-91)118-80)127-84(82(114)115)37-51(100)60(86-46(4)96)74(126-84)65(106)55(41-92)124-83(81(112)113)36-50(99)59(85-45(3)95)73(125-83)62(103)52(101)38-89/h32,34,48-57,59-80,89-94,98-101,103-111H,6-31,33,35-44H2,1-5H3,(H,85,95)(H,86,96)(H,87,97)(H,88,102)(H,112,113)(H,114,115)/b34-32+/t48-,49+,50?,51?,52+,53?,54?,55+,56?,57?,59+,60+,61?,62+,63-,64-,65+,66+,67+,68?,69?,70?,71+,72+,73?,74?,75-,76-,77-,78+,79-,80-,83+,84-/m0/s1. The second-order valence-corrected chi connectivity index (χ2v) is 34.2. The third kappa shape index (κ3) is 32.6. The molecule has 43 heteroatoms. The first-order chi connectivity index (χ1) is 60.6. The summed E-state index contributed by atoms with van der Waals surface area (Å²) in [5.74, 6) is -14.5. The Labute approximate surface area is 740 Å². The van der Waals surface area contributed by atoms with Gasteiger partial charge in [0, 0.05) is 40.0 Å². The van der Waals surface area contributed by atoms with Crippen LogP contribution in [-0.4, -0.2) is 396 Å². The van der Waals surface area contributed by atoms with Crippen LogP contribution >= 0.6 is 0 Å². The number of allylic oxidation sites excluding steroid dienone is 1. The van der Waals surface area contributed by atoms with Crippen molar-refractivity contribution in [2.24, 2.45) is 0 Å². The predicted molar refractivity (Wildman–Crippen MR) is 440 cm³/mol. The number of aliphatic carboxylic acids is 2. The van der Waals surface area contributed by atoms with E-state index in [2.05, 4.69) is 35.1 Å². The number of carboxylic acids is 2. The van der Waals surface area contributed by atoms with Gasteiger partial charge in [-0.25, -0.2) is 9.59 Å². The molecule has 6 fully saturated rings. The lowest BCUT2D eigenvalue weighted by Gasteiger charge is -2.52. The number of carbonyl (C=O) groups excluding carboxylic acids is 4. The first-order valence-electron chi connectivity index (χ1n) is 45.2. The van der Waals surface area contributed by atoms with Crippen LogP contribution < -0.4 is 21.3 Å². The van der Waals surface area contributed by atoms with Gasteiger partial charge < -0.3 is 185 Å². The van der Waals surface area contributed by atoms with Crippen LogP contribution in [-0.2, 0) is 85.6 Å². The van der Waals surface area contributed by atoms with Crippen molar-refractivity contribution in [3.63, 3.8) is 0 Å². The van der Waals surface area contributed by atoms with E-state index in [9.17, 15) is 136 Å². The summed E-state index contributed by atoms with van der Waals surface area (Å²) in [7, 11) is 0. The Hall–Kier alpha value is -4.68. The monoisotopic (exact) mass is 1840 g/mol. The number of nitrogens with one attached hydrogen (secondary N) is 4. The molecule has 0 aromatic heterocycles. The van der Waals surface area contributed by atoms with Crippen molar-refractivity contribution in [3.05, 3.63) is 12.2 Å². The maximum atomic E-state index is 13.7. The fourth-order valence-electron chi connectivity index (χ4n) is 16.9. The lowest BCUT2D eigenvalue weighted by molar-refractivity contribution is -0.391. The molecule has 0 aliphatic carbocycles. The van der Waals surface area contributed by atoms with E-state index in [1.807, 2.05) is 6.08 Å². The Balaban J connectivity index is 1.15. The van der Waals surface area contributed by atoms with Gasteiger partial charge in [-0.2, -0.15) is 0 Å². The van der Waals surface area contributed by atoms with Gasteiger partial charge in [-0.1, -0.05) is 180 Å². The van der Waals surface area contributed by atoms with Gasteiger partial charge in [0.2, 0.25) is 23.6 Å². The molecule has 34 atom stereocenters. The van der Waals surface area contributed by atoms with Crippen LogP contribution in [0.4, 0.5) is 0 Å². The summed E-state index contributed by atoms with van der Waals surface area (Å²) >= 11 is 0. The minimum atomic E-state index is -3.51. The van der Waals surface area contributed by atoms with E-state index in [1.54, 1.807) is 6.08 Å². The summed E-state index contributed by atoms with van der Waals surface area (Å²) in [4.78, 5) is 78.5. The Bertz CT molecular complexity index is 3200. The van der Waals surface area contributed by atoms with Gasteiger partial charge in [-0.3, -0.25) is 19.2 Å². The maximum absolute atomic E-state index is 13.7. The number of ether oxygens (including phenoxy) is 12. The fraction of sp³-hybridized carbons (Fsp3) is 0.905. The third-order valence-corrected chi connectivity index (χ3v) is 24.1. The number of aliphatic hydroxyl groups excluding tert-OH is 19. The third-order valence-electron chi connectivity index (χ3n) is 24.1. The lowest BCUT2D eigenvalue weighted by Crippen LogP contribution is -2.72. The lowest BCUT2D eigenvalue weighted by atomic mass is 9.87. The highest BCUT2D eigenvalue weighted by Gasteiger charge is 2.64. The van der Waals surface area contributed by atoms with E-state index in [1.165, 1.54) is 103 Å². The van der Waals surface area contributed by atoms with E-state index in [-0.39, 0.29) is 12.3 Å². The van der Waals surface area contributed by atoms with Gasteiger partial charge in [0.05, 0.1) is 82.7 Å². The molecule has 0 spiro atoms. The van der Waals surface area contributed by atoms with E-state index in [0.717, 1.165) is 78.6 Å². The van der Waals surface area contributed by atoms with Crippen LogP contribution in [0.15, 0.2) is 12.2 Å². The smallest absolute Gasteiger partial charge is 0.364 e.